The molecule has 0 unspecified atom stereocenters. The second-order valence-electron chi connectivity index (χ2n) is 6.66. The normalized spacial score (nSPS) is 18.2. The van der Waals surface area contributed by atoms with Crippen molar-refractivity contribution < 1.29 is 22.3 Å². The highest BCUT2D eigenvalue weighted by Crippen LogP contribution is 2.28. The number of benzene rings is 2. The molecule has 146 valence electrons. The monoisotopic (exact) mass is 403 g/mol. The molecule has 1 saturated heterocycles. The fourth-order valence-corrected chi connectivity index (χ4v) is 4.85. The Morgan fingerprint density at radius 3 is 2.79 bits per heavy atom. The second-order valence-corrected chi connectivity index (χ2v) is 8.60. The number of carbonyl (C=O) groups excluding carboxylic acids is 1. The molecule has 1 aliphatic heterocycles. The molecule has 1 aliphatic rings. The van der Waals surface area contributed by atoms with Crippen molar-refractivity contribution in [2.24, 2.45) is 5.92 Å². The summed E-state index contributed by atoms with van der Waals surface area (Å²) in [6.45, 7) is 0.334. The maximum absolute atomic E-state index is 13.1. The van der Waals surface area contributed by atoms with Crippen molar-refractivity contribution in [2.75, 3.05) is 13.1 Å². The standard InChI is InChI=1S/C19H18FN3O4S/c20-14-6-8-15(9-7-14)28(25,26)23-10-2-3-13(12-23)19(24)27-18-5-1-4-17-16(18)11-21-22-17/h1,4-9,11,13H,2-3,10,12H2,(H,21,22)/t13-/m1/s1. The third-order valence-corrected chi connectivity index (χ3v) is 6.70. The van der Waals surface area contributed by atoms with Crippen LogP contribution in [0.3, 0.4) is 0 Å². The molecule has 28 heavy (non-hydrogen) atoms. The molecule has 0 radical (unpaired) electrons. The molecular formula is C19H18FN3O4S. The zero-order valence-corrected chi connectivity index (χ0v) is 15.7. The number of aromatic amines is 1. The number of nitrogens with one attached hydrogen (secondary N) is 1. The third-order valence-electron chi connectivity index (χ3n) is 4.82. The SMILES string of the molecule is O=C(Oc1cccc2[nH]ncc12)[C@@H]1CCCN(S(=O)(=O)c2ccc(F)cc2)C1. The molecule has 0 saturated carbocycles. The maximum Gasteiger partial charge on any atom is 0.315 e. The Morgan fingerprint density at radius 1 is 1.21 bits per heavy atom. The van der Waals surface area contributed by atoms with Crippen LogP contribution in [0.4, 0.5) is 4.39 Å². The summed E-state index contributed by atoms with van der Waals surface area (Å²) in [4.78, 5) is 12.7. The Labute approximate surface area is 161 Å². The van der Waals surface area contributed by atoms with Crippen molar-refractivity contribution in [1.82, 2.24) is 14.5 Å². The van der Waals surface area contributed by atoms with E-state index in [1.165, 1.54) is 16.4 Å². The van der Waals surface area contributed by atoms with Crippen molar-refractivity contribution in [3.63, 3.8) is 0 Å². The average Bonchev–Trinajstić information content (AvgIpc) is 3.18. The molecule has 1 N–H and O–H groups in total. The van der Waals surface area contributed by atoms with Gasteiger partial charge >= 0.3 is 5.97 Å². The lowest BCUT2D eigenvalue weighted by Crippen LogP contribution is -2.43. The number of hydrogen-bond donors (Lipinski definition) is 1. The van der Waals surface area contributed by atoms with Crippen LogP contribution in [0.25, 0.3) is 10.9 Å². The molecular weight excluding hydrogens is 385 g/mol. The third kappa shape index (κ3) is 3.50. The van der Waals surface area contributed by atoms with E-state index in [1.54, 1.807) is 18.3 Å². The van der Waals surface area contributed by atoms with Crippen molar-refractivity contribution in [1.29, 1.82) is 0 Å². The molecule has 0 amide bonds. The number of hydrogen-bond acceptors (Lipinski definition) is 5. The zero-order valence-electron chi connectivity index (χ0n) is 14.8. The number of sulfonamides is 1. The molecule has 7 nitrogen and oxygen atoms in total. The summed E-state index contributed by atoms with van der Waals surface area (Å²) in [5.74, 6) is -1.18. The Morgan fingerprint density at radius 2 is 2.00 bits per heavy atom. The molecule has 4 rings (SSSR count). The molecule has 0 aliphatic carbocycles. The quantitative estimate of drug-likeness (QED) is 0.534. The number of fused-ring (bicyclic) bond motifs is 1. The van der Waals surface area contributed by atoms with Crippen molar-refractivity contribution in [3.05, 3.63) is 54.5 Å². The highest BCUT2D eigenvalue weighted by Gasteiger charge is 2.34. The number of piperidine rings is 1. The van der Waals surface area contributed by atoms with Gasteiger partial charge in [-0.2, -0.15) is 9.40 Å². The van der Waals surface area contributed by atoms with Gasteiger partial charge < -0.3 is 4.74 Å². The predicted octanol–water partition coefficient (Wildman–Crippen LogP) is 2.71. The van der Waals surface area contributed by atoms with E-state index in [0.29, 0.717) is 30.5 Å². The maximum atomic E-state index is 13.1. The van der Waals surface area contributed by atoms with Gasteiger partial charge in [0.1, 0.15) is 11.6 Å². The van der Waals surface area contributed by atoms with Gasteiger partial charge in [-0.05, 0) is 49.2 Å². The number of esters is 1. The number of rotatable bonds is 4. The Hall–Kier alpha value is -2.78. The molecule has 1 aromatic heterocycles. The molecule has 1 fully saturated rings. The first-order valence-electron chi connectivity index (χ1n) is 8.84. The van der Waals surface area contributed by atoms with Gasteiger partial charge in [-0.1, -0.05) is 6.07 Å². The topological polar surface area (TPSA) is 92.4 Å². The molecule has 0 bridgehead atoms. The van der Waals surface area contributed by atoms with Crippen LogP contribution in [0.15, 0.2) is 53.6 Å². The fraction of sp³-hybridized carbons (Fsp3) is 0.263. The first kappa shape index (κ1) is 18.6. The molecule has 9 heteroatoms. The summed E-state index contributed by atoms with van der Waals surface area (Å²) in [6.07, 6.45) is 2.65. The van der Waals surface area contributed by atoms with Gasteiger partial charge in [0.15, 0.2) is 0 Å². The van der Waals surface area contributed by atoms with E-state index in [9.17, 15) is 17.6 Å². The van der Waals surface area contributed by atoms with E-state index in [0.717, 1.165) is 17.6 Å². The van der Waals surface area contributed by atoms with Crippen LogP contribution < -0.4 is 4.74 Å². The zero-order chi connectivity index (χ0) is 19.7. The van der Waals surface area contributed by atoms with Gasteiger partial charge in [-0.3, -0.25) is 9.89 Å². The molecule has 0 spiro atoms. The number of H-pyrrole nitrogens is 1. The average molecular weight is 403 g/mol. The van der Waals surface area contributed by atoms with Crippen LogP contribution in [0.5, 0.6) is 5.75 Å². The van der Waals surface area contributed by atoms with E-state index < -0.39 is 27.7 Å². The van der Waals surface area contributed by atoms with Crippen LogP contribution in [-0.4, -0.2) is 42.0 Å². The van der Waals surface area contributed by atoms with Gasteiger partial charge in [0, 0.05) is 13.1 Å². The van der Waals surface area contributed by atoms with Crippen LogP contribution in [-0.2, 0) is 14.8 Å². The fourth-order valence-electron chi connectivity index (χ4n) is 3.33. The van der Waals surface area contributed by atoms with Crippen molar-refractivity contribution in [2.45, 2.75) is 17.7 Å². The summed E-state index contributed by atoms with van der Waals surface area (Å²) >= 11 is 0. The smallest absolute Gasteiger partial charge is 0.315 e. The Bertz CT molecular complexity index is 1110. The van der Waals surface area contributed by atoms with Gasteiger partial charge in [-0.25, -0.2) is 12.8 Å². The van der Waals surface area contributed by atoms with Gasteiger partial charge in [-0.15, -0.1) is 0 Å². The highest BCUT2D eigenvalue weighted by molar-refractivity contribution is 7.89. The predicted molar refractivity (Wildman–Crippen MR) is 99.6 cm³/mol. The number of aromatic nitrogens is 2. The van der Waals surface area contributed by atoms with Crippen LogP contribution in [0.2, 0.25) is 0 Å². The molecule has 1 atom stereocenters. The summed E-state index contributed by atoms with van der Waals surface area (Å²) in [5, 5.41) is 7.42. The van der Waals surface area contributed by atoms with Crippen molar-refractivity contribution in [3.8, 4) is 5.75 Å². The van der Waals surface area contributed by atoms with E-state index in [-0.39, 0.29) is 11.4 Å². The number of nitrogens with zero attached hydrogens (tertiary/aromatic N) is 2. The Kier molecular flexibility index (Phi) is 4.86. The number of halogens is 1. The number of carbonyl (C=O) groups is 1. The minimum atomic E-state index is -3.80. The van der Waals surface area contributed by atoms with Gasteiger partial charge in [0.05, 0.1) is 27.9 Å². The summed E-state index contributed by atoms with van der Waals surface area (Å²) in [6, 6.07) is 9.90. The lowest BCUT2D eigenvalue weighted by Gasteiger charge is -2.30. The minimum Gasteiger partial charge on any atom is -0.425 e. The van der Waals surface area contributed by atoms with E-state index in [4.69, 9.17) is 4.74 Å². The largest absolute Gasteiger partial charge is 0.425 e. The van der Waals surface area contributed by atoms with E-state index in [1.807, 2.05) is 6.07 Å². The first-order chi connectivity index (χ1) is 13.4. The summed E-state index contributed by atoms with van der Waals surface area (Å²) < 4.78 is 45.5. The van der Waals surface area contributed by atoms with Crippen molar-refractivity contribution >= 4 is 26.9 Å². The number of ether oxygens (including phenoxy) is 1. The van der Waals surface area contributed by atoms with Crippen LogP contribution in [0, 0.1) is 11.7 Å². The lowest BCUT2D eigenvalue weighted by molar-refractivity contribution is -0.140. The van der Waals surface area contributed by atoms with Gasteiger partial charge in [0.25, 0.3) is 0 Å². The summed E-state index contributed by atoms with van der Waals surface area (Å²) in [7, 11) is -3.80. The molecule has 3 aromatic rings. The highest BCUT2D eigenvalue weighted by atomic mass is 32.2. The van der Waals surface area contributed by atoms with E-state index >= 15 is 0 Å². The first-order valence-corrected chi connectivity index (χ1v) is 10.3. The van der Waals surface area contributed by atoms with Crippen LogP contribution in [0.1, 0.15) is 12.8 Å². The minimum absolute atomic E-state index is 0.00563. The molecule has 2 heterocycles. The lowest BCUT2D eigenvalue weighted by atomic mass is 10.00. The summed E-state index contributed by atoms with van der Waals surface area (Å²) in [5.41, 5.74) is 0.745. The van der Waals surface area contributed by atoms with E-state index in [2.05, 4.69) is 10.2 Å². The second kappa shape index (κ2) is 7.33. The van der Waals surface area contributed by atoms with Gasteiger partial charge in [0.2, 0.25) is 10.0 Å². The Balaban J connectivity index is 1.51. The molecule has 2 aromatic carbocycles. The van der Waals surface area contributed by atoms with Crippen LogP contribution >= 0.6 is 0 Å².